The van der Waals surface area contributed by atoms with Crippen LogP contribution >= 0.6 is 12.4 Å². The monoisotopic (exact) mass is 2020 g/mol. The molecule has 0 bridgehead atoms. The number of carbonyl (C=O) groups excluding carboxylic acids is 9. The zero-order valence-corrected chi connectivity index (χ0v) is 78.2. The fourth-order valence-corrected chi connectivity index (χ4v) is 18.2. The van der Waals surface area contributed by atoms with Crippen molar-refractivity contribution in [2.24, 2.45) is 38.9 Å². The number of fused-ring (bicyclic) bond motifs is 3. The first kappa shape index (κ1) is 96.9. The molecule has 9 fully saturated rings. The van der Waals surface area contributed by atoms with Crippen molar-refractivity contribution in [3.05, 3.63) is 103 Å². The number of aromatic nitrogens is 6. The Morgan fingerprint density at radius 1 is 0.408 bits per heavy atom. The van der Waals surface area contributed by atoms with Gasteiger partial charge < -0.3 is 44.1 Å². The zero-order chi connectivity index (χ0) is 83.4. The molecule has 3 aromatic carbocycles. The largest absolute Gasteiger partial charge is 0.444 e. The number of hydrogen-bond donors (Lipinski definition) is 2. The maximum atomic E-state index is 13.2. The summed E-state index contributed by atoms with van der Waals surface area (Å²) < 4.78 is 38.9. The van der Waals surface area contributed by atoms with Crippen LogP contribution in [-0.2, 0) is 129 Å². The van der Waals surface area contributed by atoms with Crippen LogP contribution in [0.15, 0.2) is 69.0 Å². The molecule has 3 atom stereocenters. The van der Waals surface area contributed by atoms with Gasteiger partial charge in [-0.3, -0.25) is 70.8 Å². The van der Waals surface area contributed by atoms with Crippen molar-refractivity contribution in [2.45, 2.75) is 237 Å². The number of aldehydes is 1. The summed E-state index contributed by atoms with van der Waals surface area (Å²) in [5.74, 6) is 1.02. The third-order valence-electron chi connectivity index (χ3n) is 24.7. The van der Waals surface area contributed by atoms with Crippen LogP contribution in [0.3, 0.4) is 0 Å². The molecule has 15 rings (SSSR count). The molecule has 3 saturated carbocycles. The quantitative estimate of drug-likeness (QED) is 0.0633. The van der Waals surface area contributed by atoms with E-state index in [9.17, 15) is 57.5 Å². The summed E-state index contributed by atoms with van der Waals surface area (Å²) >= 11 is 0. The van der Waals surface area contributed by atoms with E-state index in [1.54, 1.807) is 62.5 Å². The second-order valence-corrected chi connectivity index (χ2v) is 35.7. The molecule has 9 heterocycles. The van der Waals surface area contributed by atoms with Gasteiger partial charge in [0.2, 0.25) is 0 Å². The van der Waals surface area contributed by atoms with Crippen LogP contribution < -0.4 is 27.7 Å². The van der Waals surface area contributed by atoms with Crippen molar-refractivity contribution in [1.29, 1.82) is 0 Å². The number of ketones is 6. The molecule has 658 valence electrons. The number of rotatable bonds is 17. The number of halogens is 1. The number of imidazole rings is 3. The van der Waals surface area contributed by atoms with Crippen molar-refractivity contribution >= 4 is 98.7 Å². The third kappa shape index (κ3) is 24.8. The molecule has 6 aliphatic heterocycles. The molecule has 9 aliphatic rings. The number of aryl methyl sites for hydroxylation is 3. The summed E-state index contributed by atoms with van der Waals surface area (Å²) in [5, 5.41) is 6.76. The first-order chi connectivity index (χ1) is 56.0. The Balaban J connectivity index is 0.000000188. The molecule has 0 spiro atoms. The Labute approximate surface area is 737 Å². The molecule has 120 heavy (non-hydrogen) atoms. The molecule has 3 aliphatic carbocycles. The van der Waals surface area contributed by atoms with E-state index in [0.29, 0.717) is 104 Å². The van der Waals surface area contributed by atoms with Gasteiger partial charge in [0, 0.05) is 173 Å². The SMILES string of the molecule is CC(C)(C)OC(=O)N1CCC(COC2CCNCC2)CC1.Cl.Cn1c(=O)n(C2CCC(=O)CC2=O)c2cccc(C=O)c21.Cn1c(=O)n(C2CCC(=O)CC2=O)c2cccc(CN3CCC(OCC4CCN(C(=O)OC(C)(C)C)CC4)CC3)c21.Cn1c(=O)n(C2CCC(=O)CC2=O)c2cccc(CN3CCC(OCC4CCNCC4)CC3)c21.[W].[W]. The molecule has 6 aromatic rings. The van der Waals surface area contributed by atoms with E-state index in [0.717, 1.165) is 196 Å². The van der Waals surface area contributed by atoms with E-state index in [-0.39, 0.29) is 144 Å². The Morgan fingerprint density at radius 3 is 1.05 bits per heavy atom. The summed E-state index contributed by atoms with van der Waals surface area (Å²) in [7, 11) is 5.12. The van der Waals surface area contributed by atoms with E-state index >= 15 is 0 Å². The van der Waals surface area contributed by atoms with Crippen LogP contribution in [0.2, 0.25) is 0 Å². The number of ether oxygens (including phenoxy) is 5. The van der Waals surface area contributed by atoms with Gasteiger partial charge in [0.25, 0.3) is 0 Å². The van der Waals surface area contributed by atoms with Gasteiger partial charge in [0.05, 0.1) is 88.8 Å². The van der Waals surface area contributed by atoms with E-state index in [1.165, 1.54) is 22.0 Å². The predicted molar refractivity (Wildman–Crippen MR) is 450 cm³/mol. The molecule has 32 heteroatoms. The number of hydrogen-bond acceptors (Lipinski definition) is 21. The van der Waals surface area contributed by atoms with Gasteiger partial charge in [-0.1, -0.05) is 30.3 Å². The molecule has 2 N–H and O–H groups in total. The number of Topliss-reactive ketones (excluding diaryl/α,β-unsaturated/α-hetero) is 6. The van der Waals surface area contributed by atoms with E-state index in [1.807, 2.05) is 70.7 Å². The van der Waals surface area contributed by atoms with Gasteiger partial charge in [-0.05, 0) is 217 Å². The van der Waals surface area contributed by atoms with Crippen LogP contribution in [0.5, 0.6) is 0 Å². The second-order valence-electron chi connectivity index (χ2n) is 35.7. The average molecular weight is 2030 g/mol. The van der Waals surface area contributed by atoms with Crippen LogP contribution in [0.1, 0.15) is 216 Å². The Bertz CT molecular complexity index is 4740. The maximum absolute atomic E-state index is 13.2. The van der Waals surface area contributed by atoms with Crippen LogP contribution in [0, 0.1) is 17.8 Å². The van der Waals surface area contributed by atoms with Crippen molar-refractivity contribution in [3.63, 3.8) is 0 Å². The van der Waals surface area contributed by atoms with Gasteiger partial charge in [-0.25, -0.2) is 24.0 Å². The Morgan fingerprint density at radius 2 is 0.717 bits per heavy atom. The van der Waals surface area contributed by atoms with E-state index in [4.69, 9.17) is 23.7 Å². The van der Waals surface area contributed by atoms with Gasteiger partial charge >= 0.3 is 29.3 Å². The number of nitrogens with one attached hydrogen (secondary N) is 2. The molecule has 2 amide bonds. The minimum Gasteiger partial charge on any atom is -0.444 e. The topological polar surface area (TPSA) is 318 Å². The fourth-order valence-electron chi connectivity index (χ4n) is 18.2. The molecule has 6 saturated heterocycles. The summed E-state index contributed by atoms with van der Waals surface area (Å²) in [6.45, 7) is 26.5. The maximum Gasteiger partial charge on any atom is 0.410 e. The first-order valence-electron chi connectivity index (χ1n) is 42.8. The number of amides is 2. The third-order valence-corrected chi connectivity index (χ3v) is 24.7. The van der Waals surface area contributed by atoms with Crippen molar-refractivity contribution in [2.75, 3.05) is 98.4 Å². The minimum absolute atomic E-state index is 0. The number of likely N-dealkylation sites (tertiary alicyclic amines) is 4. The van der Waals surface area contributed by atoms with Crippen LogP contribution in [-0.4, -0.2) is 228 Å². The number of carbonyl (C=O) groups is 9. The molecule has 3 aromatic heterocycles. The van der Waals surface area contributed by atoms with E-state index < -0.39 is 29.3 Å². The number of piperidine rings is 6. The van der Waals surface area contributed by atoms with Crippen molar-refractivity contribution < 1.29 is 109 Å². The van der Waals surface area contributed by atoms with Gasteiger partial charge in [0.1, 0.15) is 28.6 Å². The molecule has 3 unspecified atom stereocenters. The first-order valence-corrected chi connectivity index (χ1v) is 42.8. The molecule has 0 radical (unpaired) electrons. The van der Waals surface area contributed by atoms with Crippen molar-refractivity contribution in [3.8, 4) is 0 Å². The van der Waals surface area contributed by atoms with Gasteiger partial charge in [-0.15, -0.1) is 12.4 Å². The van der Waals surface area contributed by atoms with Gasteiger partial charge in [0.15, 0.2) is 23.6 Å². The zero-order valence-electron chi connectivity index (χ0n) is 71.5. The predicted octanol–water partition coefficient (Wildman–Crippen LogP) is 9.85. The average Bonchev–Trinajstić information content (AvgIpc) is 1.61. The minimum atomic E-state index is -0.624. The van der Waals surface area contributed by atoms with Crippen LogP contribution in [0.4, 0.5) is 9.59 Å². The Kier molecular flexibility index (Phi) is 35.6. The Hall–Kier alpha value is -6.91. The summed E-state index contributed by atoms with van der Waals surface area (Å²) in [4.78, 5) is 155. The molecular weight excluding hydrogens is 1900 g/mol. The summed E-state index contributed by atoms with van der Waals surface area (Å²) in [5.41, 5.74) is 5.34. The number of benzene rings is 3. The normalized spacial score (nSPS) is 21.5. The standard InChI is InChI=1S/C31H44N4O6.C26H36N4O4.C16H30N2O3.C15H14N2O4.ClH.2W/c1-31(2,3)41-30(39)34-16-10-21(11-17-34)20-40-24-12-14-33(15-13-24)19-22-6-5-7-26-28(22)32(4)29(38)35(26)25-9-8-23(36)18-27(25)37;1-28-25-19(16-29-13-9-21(10-14-29)34-17-18-7-11-27-12-8-18)3-2-4-23(25)30(26(28)33)22-6-5-20(31)15-24(22)32;1-16(2,3)21-15(19)18-10-6-13(7-11-18)12-20-14-4-8-17-9-5-14;1-16-14-9(8-18)3-2-4-12(14)17(15(16)21)11-6-5-10(19)7-13(11)20;;;/h5-7,21,24-25H,8-20H2,1-4H3;2-4,18,21-22,27H,5-17H2,1H3;13-14,17H,4-12H2,1-3H3;2-4,8,11H,5-7H2,1H3;1H;;. The molecule has 29 nitrogen and oxygen atoms in total. The summed E-state index contributed by atoms with van der Waals surface area (Å²) in [6.07, 6.45) is 15.7. The smallest absolute Gasteiger partial charge is 0.410 e. The van der Waals surface area contributed by atoms with E-state index in [2.05, 4.69) is 32.6 Å². The molecular formula is C88H125ClN12O17W2. The van der Waals surface area contributed by atoms with Crippen LogP contribution in [0.25, 0.3) is 33.1 Å². The van der Waals surface area contributed by atoms with Crippen molar-refractivity contribution in [1.82, 2.24) is 57.6 Å². The number of nitrogens with zero attached hydrogens (tertiary/aromatic N) is 10. The summed E-state index contributed by atoms with van der Waals surface area (Å²) in [6, 6.07) is 15.2. The van der Waals surface area contributed by atoms with Gasteiger partial charge in [-0.2, -0.15) is 0 Å². The fraction of sp³-hybridized carbons (Fsp3) is 0.659. The second kappa shape index (κ2) is 44.1. The number of para-hydroxylation sites is 3.